The standard InChI is InChI=1S/C22H26N2O6/c1-4-28-18-10-9-17(12-19(18)29-5-2)24-20(25)14-30-21(26)13-23-22(27)16-8-6-7-15(3)11-16/h6-12H,4-5,13-14H2,1-3H3,(H,23,27)(H,24,25). The lowest BCUT2D eigenvalue weighted by molar-refractivity contribution is -0.146. The maximum absolute atomic E-state index is 12.0. The molecule has 0 saturated carbocycles. The molecule has 0 unspecified atom stereocenters. The van der Waals surface area contributed by atoms with Crippen LogP contribution < -0.4 is 20.1 Å². The molecular formula is C22H26N2O6. The first-order valence-electron chi connectivity index (χ1n) is 9.63. The van der Waals surface area contributed by atoms with Crippen LogP contribution >= 0.6 is 0 Å². The molecule has 0 saturated heterocycles. The second-order valence-electron chi connectivity index (χ2n) is 6.29. The topological polar surface area (TPSA) is 103 Å². The summed E-state index contributed by atoms with van der Waals surface area (Å²) in [5, 5.41) is 5.09. The van der Waals surface area contributed by atoms with Gasteiger partial charge in [0.15, 0.2) is 18.1 Å². The Kier molecular flexibility index (Phi) is 8.68. The molecule has 160 valence electrons. The van der Waals surface area contributed by atoms with E-state index in [0.717, 1.165) is 5.56 Å². The number of amides is 2. The van der Waals surface area contributed by atoms with Crippen LogP contribution in [0, 0.1) is 6.92 Å². The van der Waals surface area contributed by atoms with E-state index >= 15 is 0 Å². The highest BCUT2D eigenvalue weighted by molar-refractivity contribution is 5.96. The minimum absolute atomic E-state index is 0.336. The van der Waals surface area contributed by atoms with Gasteiger partial charge in [0.2, 0.25) is 0 Å². The number of carbonyl (C=O) groups excluding carboxylic acids is 3. The Balaban J connectivity index is 1.80. The van der Waals surface area contributed by atoms with Crippen molar-refractivity contribution in [3.63, 3.8) is 0 Å². The Morgan fingerprint density at radius 1 is 0.933 bits per heavy atom. The van der Waals surface area contributed by atoms with E-state index in [1.165, 1.54) is 0 Å². The minimum Gasteiger partial charge on any atom is -0.490 e. The molecule has 0 heterocycles. The Hall–Kier alpha value is -3.55. The normalized spacial score (nSPS) is 10.1. The first-order valence-corrected chi connectivity index (χ1v) is 9.63. The van der Waals surface area contributed by atoms with Crippen molar-refractivity contribution in [3.8, 4) is 11.5 Å². The molecule has 0 aromatic heterocycles. The van der Waals surface area contributed by atoms with E-state index in [4.69, 9.17) is 14.2 Å². The third-order valence-electron chi connectivity index (χ3n) is 3.86. The molecule has 2 amide bonds. The Morgan fingerprint density at radius 3 is 2.37 bits per heavy atom. The minimum atomic E-state index is -0.715. The van der Waals surface area contributed by atoms with Gasteiger partial charge in [-0.05, 0) is 45.0 Å². The van der Waals surface area contributed by atoms with Crippen molar-refractivity contribution < 1.29 is 28.6 Å². The summed E-state index contributed by atoms with van der Waals surface area (Å²) in [6.07, 6.45) is 0. The molecule has 2 aromatic rings. The van der Waals surface area contributed by atoms with Crippen molar-refractivity contribution in [3.05, 3.63) is 53.6 Å². The predicted octanol–water partition coefficient (Wildman–Crippen LogP) is 2.70. The number of anilines is 1. The highest BCUT2D eigenvalue weighted by atomic mass is 16.5. The van der Waals surface area contributed by atoms with E-state index in [-0.39, 0.29) is 6.54 Å². The lowest BCUT2D eigenvalue weighted by atomic mass is 10.1. The number of aryl methyl sites for hydroxylation is 1. The summed E-state index contributed by atoms with van der Waals surface area (Å²) in [6.45, 7) is 5.70. The zero-order valence-electron chi connectivity index (χ0n) is 17.3. The molecule has 0 bridgehead atoms. The first kappa shape index (κ1) is 22.7. The first-order chi connectivity index (χ1) is 14.4. The van der Waals surface area contributed by atoms with E-state index in [1.54, 1.807) is 36.4 Å². The van der Waals surface area contributed by atoms with Crippen molar-refractivity contribution in [1.82, 2.24) is 5.32 Å². The van der Waals surface area contributed by atoms with Gasteiger partial charge in [0.25, 0.3) is 11.8 Å². The van der Waals surface area contributed by atoms with Gasteiger partial charge < -0.3 is 24.8 Å². The van der Waals surface area contributed by atoms with E-state index < -0.39 is 24.4 Å². The summed E-state index contributed by atoms with van der Waals surface area (Å²) in [7, 11) is 0. The number of hydrogen-bond donors (Lipinski definition) is 2. The molecule has 0 spiro atoms. The van der Waals surface area contributed by atoms with Crippen molar-refractivity contribution in [1.29, 1.82) is 0 Å². The van der Waals surface area contributed by atoms with Crippen LogP contribution in [0.1, 0.15) is 29.8 Å². The number of hydrogen-bond acceptors (Lipinski definition) is 6. The SMILES string of the molecule is CCOc1ccc(NC(=O)COC(=O)CNC(=O)c2cccc(C)c2)cc1OCC. The Labute approximate surface area is 175 Å². The summed E-state index contributed by atoms with van der Waals surface area (Å²) in [5.41, 5.74) is 1.86. The van der Waals surface area contributed by atoms with Crippen LogP contribution in [-0.2, 0) is 14.3 Å². The highest BCUT2D eigenvalue weighted by Gasteiger charge is 2.12. The molecule has 0 aliphatic heterocycles. The van der Waals surface area contributed by atoms with E-state index in [2.05, 4.69) is 10.6 Å². The monoisotopic (exact) mass is 414 g/mol. The Morgan fingerprint density at radius 2 is 1.67 bits per heavy atom. The van der Waals surface area contributed by atoms with Crippen molar-refractivity contribution >= 4 is 23.5 Å². The van der Waals surface area contributed by atoms with Crippen LogP contribution in [0.2, 0.25) is 0 Å². The molecule has 2 aromatic carbocycles. The Bertz CT molecular complexity index is 897. The van der Waals surface area contributed by atoms with E-state index in [1.807, 2.05) is 26.8 Å². The number of esters is 1. The number of carbonyl (C=O) groups is 3. The van der Waals surface area contributed by atoms with Crippen LogP contribution in [0.25, 0.3) is 0 Å². The van der Waals surface area contributed by atoms with Crippen molar-refractivity contribution in [2.45, 2.75) is 20.8 Å². The zero-order chi connectivity index (χ0) is 21.9. The van der Waals surface area contributed by atoms with Crippen LogP contribution in [0.3, 0.4) is 0 Å². The van der Waals surface area contributed by atoms with Crippen LogP contribution in [0.5, 0.6) is 11.5 Å². The molecule has 0 aliphatic rings. The second-order valence-corrected chi connectivity index (χ2v) is 6.29. The van der Waals surface area contributed by atoms with E-state index in [9.17, 15) is 14.4 Å². The fraction of sp³-hybridized carbons (Fsp3) is 0.318. The van der Waals surface area contributed by atoms with Crippen molar-refractivity contribution in [2.75, 3.05) is 31.7 Å². The van der Waals surface area contributed by atoms with Gasteiger partial charge in [0, 0.05) is 17.3 Å². The maximum atomic E-state index is 12.0. The molecule has 30 heavy (non-hydrogen) atoms. The van der Waals surface area contributed by atoms with Gasteiger partial charge in [-0.1, -0.05) is 17.7 Å². The molecular weight excluding hydrogens is 388 g/mol. The highest BCUT2D eigenvalue weighted by Crippen LogP contribution is 2.30. The van der Waals surface area contributed by atoms with Gasteiger partial charge in [0.1, 0.15) is 6.54 Å². The number of rotatable bonds is 10. The fourth-order valence-corrected chi connectivity index (χ4v) is 2.56. The van der Waals surface area contributed by atoms with Gasteiger partial charge >= 0.3 is 5.97 Å². The number of ether oxygens (including phenoxy) is 3. The van der Waals surface area contributed by atoms with Gasteiger partial charge in [-0.2, -0.15) is 0 Å². The van der Waals surface area contributed by atoms with Gasteiger partial charge in [0.05, 0.1) is 13.2 Å². The van der Waals surface area contributed by atoms with Crippen molar-refractivity contribution in [2.24, 2.45) is 0 Å². The molecule has 0 atom stereocenters. The summed E-state index contributed by atoms with van der Waals surface area (Å²) in [4.78, 5) is 35.9. The van der Waals surface area contributed by atoms with Crippen LogP contribution in [-0.4, -0.2) is 44.1 Å². The number of nitrogens with one attached hydrogen (secondary N) is 2. The molecule has 0 fully saturated rings. The average Bonchev–Trinajstić information content (AvgIpc) is 2.72. The lowest BCUT2D eigenvalue weighted by Gasteiger charge is -2.13. The van der Waals surface area contributed by atoms with E-state index in [0.29, 0.717) is 36.0 Å². The van der Waals surface area contributed by atoms with Gasteiger partial charge in [-0.15, -0.1) is 0 Å². The predicted molar refractivity (Wildman–Crippen MR) is 112 cm³/mol. The molecule has 2 N–H and O–H groups in total. The number of benzene rings is 2. The molecule has 0 aliphatic carbocycles. The molecule has 0 radical (unpaired) electrons. The van der Waals surface area contributed by atoms with Crippen LogP contribution in [0.15, 0.2) is 42.5 Å². The quantitative estimate of drug-likeness (QED) is 0.580. The van der Waals surface area contributed by atoms with Crippen LogP contribution in [0.4, 0.5) is 5.69 Å². The maximum Gasteiger partial charge on any atom is 0.325 e. The molecule has 8 nitrogen and oxygen atoms in total. The smallest absolute Gasteiger partial charge is 0.325 e. The van der Waals surface area contributed by atoms with Gasteiger partial charge in [-0.25, -0.2) is 0 Å². The molecule has 2 rings (SSSR count). The zero-order valence-corrected chi connectivity index (χ0v) is 17.3. The average molecular weight is 414 g/mol. The molecule has 8 heteroatoms. The summed E-state index contributed by atoms with van der Waals surface area (Å²) < 4.78 is 15.9. The lowest BCUT2D eigenvalue weighted by Crippen LogP contribution is -2.32. The van der Waals surface area contributed by atoms with Gasteiger partial charge in [-0.3, -0.25) is 14.4 Å². The second kappa shape index (κ2) is 11.5. The summed E-state index contributed by atoms with van der Waals surface area (Å²) in [5.74, 6) is -0.535. The third kappa shape index (κ3) is 7.12. The largest absolute Gasteiger partial charge is 0.490 e. The summed E-state index contributed by atoms with van der Waals surface area (Å²) in [6, 6.07) is 12.0. The summed E-state index contributed by atoms with van der Waals surface area (Å²) >= 11 is 0. The third-order valence-corrected chi connectivity index (χ3v) is 3.86. The fourth-order valence-electron chi connectivity index (χ4n) is 2.56.